The van der Waals surface area contributed by atoms with Gasteiger partial charge in [-0.3, -0.25) is 9.10 Å². The molecule has 24 heavy (non-hydrogen) atoms. The van der Waals surface area contributed by atoms with Crippen LogP contribution in [0.25, 0.3) is 0 Å². The molecule has 0 saturated heterocycles. The van der Waals surface area contributed by atoms with Crippen molar-refractivity contribution in [3.63, 3.8) is 0 Å². The van der Waals surface area contributed by atoms with Crippen LogP contribution >= 0.6 is 0 Å². The van der Waals surface area contributed by atoms with Gasteiger partial charge in [-0.2, -0.15) is 0 Å². The average molecular weight is 346 g/mol. The van der Waals surface area contributed by atoms with Gasteiger partial charge in [0, 0.05) is 12.7 Å². The first kappa shape index (κ1) is 18.0. The Labute approximate surface area is 143 Å². The predicted octanol–water partition coefficient (Wildman–Crippen LogP) is 2.73. The van der Waals surface area contributed by atoms with Crippen LogP contribution in [0.2, 0.25) is 0 Å². The van der Waals surface area contributed by atoms with Crippen molar-refractivity contribution in [2.75, 3.05) is 29.1 Å². The normalized spacial score (nSPS) is 11.2. The maximum atomic E-state index is 12.6. The number of hydrogen-bond donors (Lipinski definition) is 0. The highest BCUT2D eigenvalue weighted by molar-refractivity contribution is 7.92. The summed E-state index contributed by atoms with van der Waals surface area (Å²) >= 11 is 0. The molecule has 0 spiro atoms. The molecule has 2 aromatic rings. The molecule has 0 N–H and O–H groups in total. The van der Waals surface area contributed by atoms with E-state index in [0.29, 0.717) is 5.69 Å². The highest BCUT2D eigenvalue weighted by atomic mass is 32.2. The number of rotatable bonds is 5. The summed E-state index contributed by atoms with van der Waals surface area (Å²) in [6, 6.07) is 14.6. The number of carbonyl (C=O) groups excluding carboxylic acids is 1. The lowest BCUT2D eigenvalue weighted by molar-refractivity contribution is -0.116. The number of nitrogens with zero attached hydrogens (tertiary/aromatic N) is 2. The van der Waals surface area contributed by atoms with Crippen LogP contribution in [-0.2, 0) is 14.8 Å². The number of likely N-dealkylation sites (N-methyl/N-ethyl adjacent to an activating group) is 1. The third-order valence-electron chi connectivity index (χ3n) is 3.82. The van der Waals surface area contributed by atoms with Crippen LogP contribution in [-0.4, -0.2) is 34.2 Å². The molecule has 0 aliphatic rings. The zero-order valence-electron chi connectivity index (χ0n) is 14.4. The summed E-state index contributed by atoms with van der Waals surface area (Å²) in [6.07, 6.45) is 1.11. The lowest BCUT2D eigenvalue weighted by Crippen LogP contribution is -2.41. The Morgan fingerprint density at radius 1 is 1.04 bits per heavy atom. The molecule has 128 valence electrons. The minimum Gasteiger partial charge on any atom is -0.314 e. The number of carbonyl (C=O) groups is 1. The lowest BCUT2D eigenvalue weighted by atomic mass is 10.1. The van der Waals surface area contributed by atoms with Crippen molar-refractivity contribution in [3.05, 3.63) is 59.7 Å². The van der Waals surface area contributed by atoms with Gasteiger partial charge in [-0.05, 0) is 37.6 Å². The predicted molar refractivity (Wildman–Crippen MR) is 98.0 cm³/mol. The van der Waals surface area contributed by atoms with Crippen molar-refractivity contribution in [2.24, 2.45) is 0 Å². The maximum Gasteiger partial charge on any atom is 0.247 e. The first-order chi connectivity index (χ1) is 11.2. The number of benzene rings is 2. The third-order valence-corrected chi connectivity index (χ3v) is 4.94. The Balaban J connectivity index is 2.32. The van der Waals surface area contributed by atoms with Gasteiger partial charge < -0.3 is 4.90 Å². The summed E-state index contributed by atoms with van der Waals surface area (Å²) in [5.74, 6) is -0.299. The molecule has 0 aliphatic heterocycles. The van der Waals surface area contributed by atoms with E-state index in [9.17, 15) is 13.2 Å². The van der Waals surface area contributed by atoms with Crippen molar-refractivity contribution >= 4 is 27.3 Å². The van der Waals surface area contributed by atoms with Gasteiger partial charge in [0.05, 0.1) is 11.9 Å². The van der Waals surface area contributed by atoms with Crippen molar-refractivity contribution in [2.45, 2.75) is 13.8 Å². The fraction of sp³-hybridized carbons (Fsp3) is 0.278. The summed E-state index contributed by atoms with van der Waals surface area (Å²) in [7, 11) is -1.94. The van der Waals surface area contributed by atoms with E-state index < -0.39 is 10.0 Å². The molecule has 5 nitrogen and oxygen atoms in total. The molecule has 0 unspecified atom stereocenters. The minimum absolute atomic E-state index is 0.242. The number of hydrogen-bond acceptors (Lipinski definition) is 3. The number of anilines is 2. The Morgan fingerprint density at radius 2 is 1.67 bits per heavy atom. The van der Waals surface area contributed by atoms with Crippen molar-refractivity contribution in [1.82, 2.24) is 0 Å². The Bertz CT molecular complexity index is 833. The lowest BCUT2D eigenvalue weighted by Gasteiger charge is -2.26. The fourth-order valence-electron chi connectivity index (χ4n) is 2.49. The van der Waals surface area contributed by atoms with Gasteiger partial charge in [0.25, 0.3) is 0 Å². The average Bonchev–Trinajstić information content (AvgIpc) is 2.52. The van der Waals surface area contributed by atoms with E-state index in [1.54, 1.807) is 25.2 Å². The monoisotopic (exact) mass is 346 g/mol. The zero-order chi connectivity index (χ0) is 17.9. The molecule has 0 radical (unpaired) electrons. The van der Waals surface area contributed by atoms with Gasteiger partial charge in [-0.1, -0.05) is 35.9 Å². The Hall–Kier alpha value is -2.34. The SMILES string of the molecule is Cc1ccc(N(CC(=O)N(C)c2ccccc2)S(C)(=O)=O)c(C)c1. The second-order valence-electron chi connectivity index (χ2n) is 5.85. The van der Waals surface area contributed by atoms with Gasteiger partial charge in [0.15, 0.2) is 0 Å². The second-order valence-corrected chi connectivity index (χ2v) is 7.75. The van der Waals surface area contributed by atoms with Crippen LogP contribution in [0.15, 0.2) is 48.5 Å². The summed E-state index contributed by atoms with van der Waals surface area (Å²) in [5, 5.41) is 0. The van der Waals surface area contributed by atoms with Crippen LogP contribution in [0.3, 0.4) is 0 Å². The molecule has 1 amide bonds. The molecule has 0 saturated carbocycles. The largest absolute Gasteiger partial charge is 0.314 e. The van der Waals surface area contributed by atoms with Gasteiger partial charge >= 0.3 is 0 Å². The molecule has 2 rings (SSSR count). The third kappa shape index (κ3) is 4.14. The van der Waals surface area contributed by atoms with Crippen LogP contribution in [0.5, 0.6) is 0 Å². The zero-order valence-corrected chi connectivity index (χ0v) is 15.2. The van der Waals surface area contributed by atoms with Crippen molar-refractivity contribution in [3.8, 4) is 0 Å². The van der Waals surface area contributed by atoms with E-state index >= 15 is 0 Å². The Kier molecular flexibility index (Phi) is 5.29. The van der Waals surface area contributed by atoms with E-state index in [0.717, 1.165) is 27.4 Å². The standard InChI is InChI=1S/C18H22N2O3S/c1-14-10-11-17(15(2)12-14)20(24(4,22)23)13-18(21)19(3)16-8-6-5-7-9-16/h5-12H,13H2,1-4H3. The number of aryl methyl sites for hydroxylation is 2. The van der Waals surface area contributed by atoms with E-state index in [2.05, 4.69) is 0 Å². The van der Waals surface area contributed by atoms with Gasteiger partial charge in [0.1, 0.15) is 6.54 Å². The summed E-state index contributed by atoms with van der Waals surface area (Å²) in [5.41, 5.74) is 3.10. The molecule has 0 aliphatic carbocycles. The molecule has 0 fully saturated rings. The fourth-order valence-corrected chi connectivity index (χ4v) is 3.40. The van der Waals surface area contributed by atoms with Gasteiger partial charge in [-0.25, -0.2) is 8.42 Å². The first-order valence-electron chi connectivity index (χ1n) is 7.56. The minimum atomic E-state index is -3.58. The summed E-state index contributed by atoms with van der Waals surface area (Å²) in [4.78, 5) is 14.0. The van der Waals surface area contributed by atoms with Gasteiger partial charge in [0.2, 0.25) is 15.9 Å². The highest BCUT2D eigenvalue weighted by Crippen LogP contribution is 2.24. The molecule has 0 bridgehead atoms. The number of sulfonamides is 1. The van der Waals surface area contributed by atoms with E-state index in [4.69, 9.17) is 0 Å². The van der Waals surface area contributed by atoms with Crippen LogP contribution in [0.4, 0.5) is 11.4 Å². The van der Waals surface area contributed by atoms with Gasteiger partial charge in [-0.15, -0.1) is 0 Å². The first-order valence-corrected chi connectivity index (χ1v) is 9.41. The topological polar surface area (TPSA) is 57.7 Å². The van der Waals surface area contributed by atoms with Crippen LogP contribution < -0.4 is 9.21 Å². The van der Waals surface area contributed by atoms with Crippen molar-refractivity contribution in [1.29, 1.82) is 0 Å². The van der Waals surface area contributed by atoms with E-state index in [1.165, 1.54) is 4.90 Å². The molecule has 0 atom stereocenters. The molecule has 6 heteroatoms. The Morgan fingerprint density at radius 3 is 2.21 bits per heavy atom. The highest BCUT2D eigenvalue weighted by Gasteiger charge is 2.24. The van der Waals surface area contributed by atoms with Crippen molar-refractivity contribution < 1.29 is 13.2 Å². The van der Waals surface area contributed by atoms with E-state index in [1.807, 2.05) is 44.2 Å². The quantitative estimate of drug-likeness (QED) is 0.836. The molecule has 0 heterocycles. The number of amides is 1. The smallest absolute Gasteiger partial charge is 0.247 e. The summed E-state index contributed by atoms with van der Waals surface area (Å²) < 4.78 is 25.6. The molecular weight excluding hydrogens is 324 g/mol. The van der Waals surface area contributed by atoms with Crippen LogP contribution in [0, 0.1) is 13.8 Å². The maximum absolute atomic E-state index is 12.6. The summed E-state index contributed by atoms with van der Waals surface area (Å²) in [6.45, 7) is 3.54. The molecular formula is C18H22N2O3S. The molecule has 0 aromatic heterocycles. The van der Waals surface area contributed by atoms with E-state index in [-0.39, 0.29) is 12.5 Å². The molecule has 2 aromatic carbocycles. The second kappa shape index (κ2) is 7.05. The number of para-hydroxylation sites is 1. The van der Waals surface area contributed by atoms with Crippen LogP contribution in [0.1, 0.15) is 11.1 Å².